The Bertz CT molecular complexity index is 639. The third-order valence-electron chi connectivity index (χ3n) is 2.84. The third-order valence-corrected chi connectivity index (χ3v) is 2.84. The molecule has 0 unspecified atom stereocenters. The van der Waals surface area contributed by atoms with E-state index >= 15 is 0 Å². The van der Waals surface area contributed by atoms with Gasteiger partial charge in [0.1, 0.15) is 11.5 Å². The van der Waals surface area contributed by atoms with E-state index in [1.165, 1.54) is 4.90 Å². The van der Waals surface area contributed by atoms with E-state index in [1.807, 2.05) is 13.0 Å². The van der Waals surface area contributed by atoms with E-state index in [9.17, 15) is 4.79 Å². The molecule has 0 bridgehead atoms. The van der Waals surface area contributed by atoms with Gasteiger partial charge in [-0.25, -0.2) is 0 Å². The second kappa shape index (κ2) is 5.61. The molecule has 5 heteroatoms. The van der Waals surface area contributed by atoms with Gasteiger partial charge in [0.2, 0.25) is 0 Å². The minimum Gasteiger partial charge on any atom is -0.453 e. The normalized spacial score (nSPS) is 10.2. The van der Waals surface area contributed by atoms with Crippen LogP contribution in [0.5, 0.6) is 11.5 Å². The highest BCUT2D eigenvalue weighted by atomic mass is 16.5. The Hall–Kier alpha value is -2.56. The number of carbonyl (C=O) groups excluding carboxylic acids is 1. The molecule has 104 valence electrons. The van der Waals surface area contributed by atoms with Gasteiger partial charge in [-0.05, 0) is 37.3 Å². The lowest BCUT2D eigenvalue weighted by atomic mass is 10.1. The number of ether oxygens (including phenoxy) is 1. The summed E-state index contributed by atoms with van der Waals surface area (Å²) in [5.41, 5.74) is 7.67. The van der Waals surface area contributed by atoms with Crippen LogP contribution in [0.15, 0.2) is 36.5 Å². The Kier molecular flexibility index (Phi) is 3.89. The number of aryl methyl sites for hydroxylation is 1. The van der Waals surface area contributed by atoms with Gasteiger partial charge in [0, 0.05) is 25.9 Å². The topological polar surface area (TPSA) is 68.5 Å². The maximum Gasteiger partial charge on any atom is 0.253 e. The summed E-state index contributed by atoms with van der Waals surface area (Å²) < 4.78 is 5.72. The van der Waals surface area contributed by atoms with Crippen LogP contribution in [0.3, 0.4) is 0 Å². The molecule has 1 amide bonds. The Labute approximate surface area is 118 Å². The zero-order valence-electron chi connectivity index (χ0n) is 11.8. The van der Waals surface area contributed by atoms with Gasteiger partial charge in [-0.2, -0.15) is 0 Å². The molecule has 0 fully saturated rings. The van der Waals surface area contributed by atoms with Crippen LogP contribution in [-0.2, 0) is 0 Å². The summed E-state index contributed by atoms with van der Waals surface area (Å²) in [6.07, 6.45) is 1.70. The number of hydrogen-bond acceptors (Lipinski definition) is 4. The average Bonchev–Trinajstić information content (AvgIpc) is 2.42. The Morgan fingerprint density at radius 1 is 1.25 bits per heavy atom. The zero-order chi connectivity index (χ0) is 14.7. The SMILES string of the molecule is Cc1ncccc1Oc1ccc(C(=O)N(C)C)cc1N. The first-order valence-electron chi connectivity index (χ1n) is 6.19. The Morgan fingerprint density at radius 2 is 2.00 bits per heavy atom. The molecule has 1 aromatic carbocycles. The molecule has 1 aromatic heterocycles. The molecule has 0 saturated heterocycles. The van der Waals surface area contributed by atoms with Crippen molar-refractivity contribution in [2.75, 3.05) is 19.8 Å². The smallest absolute Gasteiger partial charge is 0.253 e. The van der Waals surface area contributed by atoms with Crippen LogP contribution in [0.4, 0.5) is 5.69 Å². The van der Waals surface area contributed by atoms with E-state index in [1.54, 1.807) is 44.6 Å². The number of pyridine rings is 1. The molecule has 5 nitrogen and oxygen atoms in total. The van der Waals surface area contributed by atoms with E-state index in [0.29, 0.717) is 22.7 Å². The van der Waals surface area contributed by atoms with Crippen molar-refractivity contribution in [1.82, 2.24) is 9.88 Å². The predicted octanol–water partition coefficient (Wildman–Crippen LogP) is 2.47. The summed E-state index contributed by atoms with van der Waals surface area (Å²) in [6, 6.07) is 8.62. The van der Waals surface area contributed by atoms with Crippen LogP contribution in [0.2, 0.25) is 0 Å². The van der Waals surface area contributed by atoms with Crippen LogP contribution in [0, 0.1) is 6.92 Å². The van der Waals surface area contributed by atoms with E-state index in [4.69, 9.17) is 10.5 Å². The van der Waals surface area contributed by atoms with Gasteiger partial charge < -0.3 is 15.4 Å². The number of nitrogens with zero attached hydrogens (tertiary/aromatic N) is 2. The minimum absolute atomic E-state index is 0.0965. The molecule has 0 saturated carbocycles. The molecule has 0 atom stereocenters. The third kappa shape index (κ3) is 2.88. The number of anilines is 1. The van der Waals surface area contributed by atoms with E-state index < -0.39 is 0 Å². The van der Waals surface area contributed by atoms with Crippen LogP contribution < -0.4 is 10.5 Å². The van der Waals surface area contributed by atoms with Crippen molar-refractivity contribution in [2.45, 2.75) is 6.92 Å². The molecule has 2 rings (SSSR count). The molecule has 2 aromatic rings. The first kappa shape index (κ1) is 13.9. The number of benzene rings is 1. The monoisotopic (exact) mass is 271 g/mol. The minimum atomic E-state index is -0.0965. The zero-order valence-corrected chi connectivity index (χ0v) is 11.8. The molecule has 20 heavy (non-hydrogen) atoms. The van der Waals surface area contributed by atoms with Crippen LogP contribution in [0.25, 0.3) is 0 Å². The molecule has 1 heterocycles. The highest BCUT2D eigenvalue weighted by Crippen LogP contribution is 2.29. The molecule has 0 aliphatic carbocycles. The first-order chi connectivity index (χ1) is 9.49. The van der Waals surface area contributed by atoms with Crippen LogP contribution >= 0.6 is 0 Å². The Morgan fingerprint density at radius 3 is 2.60 bits per heavy atom. The summed E-state index contributed by atoms with van der Waals surface area (Å²) in [7, 11) is 3.39. The average molecular weight is 271 g/mol. The van der Waals surface area contributed by atoms with E-state index in [0.717, 1.165) is 5.69 Å². The maximum atomic E-state index is 11.8. The van der Waals surface area contributed by atoms with Gasteiger partial charge in [0.05, 0.1) is 11.4 Å². The van der Waals surface area contributed by atoms with Gasteiger partial charge in [-0.15, -0.1) is 0 Å². The molecule has 0 aliphatic heterocycles. The lowest BCUT2D eigenvalue weighted by Gasteiger charge is -2.13. The summed E-state index contributed by atoms with van der Waals surface area (Å²) in [6.45, 7) is 1.86. The lowest BCUT2D eigenvalue weighted by Crippen LogP contribution is -2.21. The van der Waals surface area contributed by atoms with Crippen molar-refractivity contribution in [2.24, 2.45) is 0 Å². The molecule has 0 radical (unpaired) electrons. The van der Waals surface area contributed by atoms with Gasteiger partial charge in [-0.1, -0.05) is 0 Å². The fraction of sp³-hybridized carbons (Fsp3) is 0.200. The van der Waals surface area contributed by atoms with Crippen LogP contribution in [-0.4, -0.2) is 29.9 Å². The number of amides is 1. The lowest BCUT2D eigenvalue weighted by molar-refractivity contribution is 0.0827. The Balaban J connectivity index is 2.27. The fourth-order valence-electron chi connectivity index (χ4n) is 1.73. The second-order valence-electron chi connectivity index (χ2n) is 4.64. The molecule has 2 N–H and O–H groups in total. The number of rotatable bonds is 3. The van der Waals surface area contributed by atoms with Crippen LogP contribution in [0.1, 0.15) is 16.1 Å². The highest BCUT2D eigenvalue weighted by molar-refractivity contribution is 5.95. The number of nitrogens with two attached hydrogens (primary N) is 1. The maximum absolute atomic E-state index is 11.8. The molecular formula is C15H17N3O2. The molecule has 0 spiro atoms. The second-order valence-corrected chi connectivity index (χ2v) is 4.64. The summed E-state index contributed by atoms with van der Waals surface area (Å²) in [5, 5.41) is 0. The largest absolute Gasteiger partial charge is 0.453 e. The van der Waals surface area contributed by atoms with Gasteiger partial charge >= 0.3 is 0 Å². The number of aromatic nitrogens is 1. The van der Waals surface area contributed by atoms with Gasteiger partial charge in [0.15, 0.2) is 0 Å². The quantitative estimate of drug-likeness (QED) is 0.871. The first-order valence-corrected chi connectivity index (χ1v) is 6.19. The summed E-state index contributed by atoms with van der Waals surface area (Å²) >= 11 is 0. The van der Waals surface area contributed by atoms with Gasteiger partial charge in [0.25, 0.3) is 5.91 Å². The number of nitrogen functional groups attached to an aromatic ring is 1. The highest BCUT2D eigenvalue weighted by Gasteiger charge is 2.11. The number of carbonyl (C=O) groups is 1. The van der Waals surface area contributed by atoms with E-state index in [2.05, 4.69) is 4.98 Å². The van der Waals surface area contributed by atoms with Crippen molar-refractivity contribution in [3.8, 4) is 11.5 Å². The van der Waals surface area contributed by atoms with Crippen molar-refractivity contribution >= 4 is 11.6 Å². The van der Waals surface area contributed by atoms with Gasteiger partial charge in [-0.3, -0.25) is 9.78 Å². The van der Waals surface area contributed by atoms with Crippen molar-refractivity contribution in [3.63, 3.8) is 0 Å². The number of hydrogen-bond donors (Lipinski definition) is 1. The van der Waals surface area contributed by atoms with Crippen molar-refractivity contribution < 1.29 is 9.53 Å². The fourth-order valence-corrected chi connectivity index (χ4v) is 1.73. The molecular weight excluding hydrogens is 254 g/mol. The van der Waals surface area contributed by atoms with Crippen molar-refractivity contribution in [3.05, 3.63) is 47.8 Å². The summed E-state index contributed by atoms with van der Waals surface area (Å²) in [5.74, 6) is 1.06. The van der Waals surface area contributed by atoms with E-state index in [-0.39, 0.29) is 5.91 Å². The molecule has 0 aliphatic rings. The standard InChI is InChI=1S/C15H17N3O2/c1-10-13(5-4-8-17-10)20-14-7-6-11(9-12(14)16)15(19)18(2)3/h4-9H,16H2,1-3H3. The van der Waals surface area contributed by atoms with Crippen molar-refractivity contribution in [1.29, 1.82) is 0 Å². The predicted molar refractivity (Wildman–Crippen MR) is 77.9 cm³/mol. The summed E-state index contributed by atoms with van der Waals surface area (Å²) in [4.78, 5) is 17.5.